The lowest BCUT2D eigenvalue weighted by Crippen LogP contribution is -2.42. The predicted octanol–water partition coefficient (Wildman–Crippen LogP) is 5.49. The fraction of sp³-hybridized carbons (Fsp3) is 0.647. The zero-order valence-corrected chi connectivity index (χ0v) is 15.0. The maximum absolute atomic E-state index is 3.77. The largest absolute Gasteiger partial charge is 0.313 e. The van der Waals surface area contributed by atoms with Crippen LogP contribution in [0.25, 0.3) is 0 Å². The number of halogens is 1. The van der Waals surface area contributed by atoms with E-state index in [0.29, 0.717) is 11.3 Å². The van der Waals surface area contributed by atoms with Crippen LogP contribution in [0.4, 0.5) is 0 Å². The Kier molecular flexibility index (Phi) is 6.92. The van der Waals surface area contributed by atoms with E-state index in [1.165, 1.54) is 41.5 Å². The Hall–Kier alpha value is 0.01000. The van der Waals surface area contributed by atoms with Crippen molar-refractivity contribution in [1.82, 2.24) is 5.32 Å². The number of hydrogen-bond acceptors (Lipinski definition) is 2. The Labute approximate surface area is 136 Å². The lowest BCUT2D eigenvalue weighted by Gasteiger charge is -2.36. The van der Waals surface area contributed by atoms with E-state index in [-0.39, 0.29) is 0 Å². The fourth-order valence-corrected chi connectivity index (χ4v) is 4.97. The second kappa shape index (κ2) is 8.45. The van der Waals surface area contributed by atoms with E-state index in [1.54, 1.807) is 0 Å². The van der Waals surface area contributed by atoms with E-state index in [0.717, 1.165) is 12.5 Å². The summed E-state index contributed by atoms with van der Waals surface area (Å²) in [6.07, 6.45) is 6.63. The Bertz CT molecular complexity index is 410. The van der Waals surface area contributed by atoms with Crippen LogP contribution in [0.3, 0.4) is 0 Å². The summed E-state index contributed by atoms with van der Waals surface area (Å²) in [6.45, 7) is 5.74. The maximum Gasteiger partial charge on any atom is 0.0311 e. The van der Waals surface area contributed by atoms with Gasteiger partial charge in [0.1, 0.15) is 0 Å². The lowest BCUT2D eigenvalue weighted by molar-refractivity contribution is 0.295. The van der Waals surface area contributed by atoms with Crippen LogP contribution in [0, 0.1) is 5.92 Å². The topological polar surface area (TPSA) is 12.0 Å². The quantitative estimate of drug-likeness (QED) is 0.723. The molecular weight excluding hydrogens is 330 g/mol. The first-order chi connectivity index (χ1) is 9.74. The summed E-state index contributed by atoms with van der Waals surface area (Å²) in [5.74, 6) is 0.912. The zero-order chi connectivity index (χ0) is 14.4. The summed E-state index contributed by atoms with van der Waals surface area (Å²) in [6, 6.07) is 9.30. The third kappa shape index (κ3) is 4.51. The average Bonchev–Trinajstić information content (AvgIpc) is 2.48. The number of thioether (sulfide) groups is 1. The fourth-order valence-electron chi connectivity index (χ4n) is 2.98. The third-order valence-corrected chi connectivity index (χ3v) is 6.64. The van der Waals surface area contributed by atoms with Gasteiger partial charge in [-0.2, -0.15) is 0 Å². The molecule has 0 heterocycles. The molecular formula is C17H26BrNS. The van der Waals surface area contributed by atoms with Gasteiger partial charge in [0.05, 0.1) is 0 Å². The maximum atomic E-state index is 3.77. The van der Waals surface area contributed by atoms with Crippen LogP contribution in [-0.2, 0) is 0 Å². The molecule has 20 heavy (non-hydrogen) atoms. The molecule has 1 aliphatic rings. The minimum Gasteiger partial charge on any atom is -0.313 e. The second-order valence-electron chi connectivity index (χ2n) is 5.73. The summed E-state index contributed by atoms with van der Waals surface area (Å²) < 4.78 is 1.23. The minimum absolute atomic E-state index is 0.676. The van der Waals surface area contributed by atoms with Gasteiger partial charge < -0.3 is 5.32 Å². The predicted molar refractivity (Wildman–Crippen MR) is 93.5 cm³/mol. The molecule has 0 amide bonds. The van der Waals surface area contributed by atoms with Crippen molar-refractivity contribution in [3.63, 3.8) is 0 Å². The van der Waals surface area contributed by atoms with Gasteiger partial charge in [0, 0.05) is 20.7 Å². The molecule has 0 spiro atoms. The highest BCUT2D eigenvalue weighted by Gasteiger charge is 2.30. The van der Waals surface area contributed by atoms with Crippen molar-refractivity contribution < 1.29 is 0 Å². The van der Waals surface area contributed by atoms with Gasteiger partial charge in [0.2, 0.25) is 0 Å². The average molecular weight is 356 g/mol. The van der Waals surface area contributed by atoms with E-state index >= 15 is 0 Å². The normalized spacial score (nSPS) is 26.6. The number of nitrogens with one attached hydrogen (secondary N) is 1. The van der Waals surface area contributed by atoms with Crippen LogP contribution >= 0.6 is 27.7 Å². The molecule has 3 unspecified atom stereocenters. The van der Waals surface area contributed by atoms with Crippen molar-refractivity contribution >= 4 is 27.7 Å². The lowest BCUT2D eigenvalue weighted by atomic mass is 9.84. The molecule has 112 valence electrons. The number of rotatable bonds is 6. The van der Waals surface area contributed by atoms with Crippen LogP contribution in [0.5, 0.6) is 0 Å². The standard InChI is InChI=1S/C17H26BrNS/c1-3-11-19-15-10-9-13(4-2)12-17(15)20-16-8-6-5-7-14(16)18/h5-8,13,15,17,19H,3-4,9-12H2,1-2H3. The number of benzene rings is 1. The van der Waals surface area contributed by atoms with Crippen LogP contribution in [0.2, 0.25) is 0 Å². The Morgan fingerprint density at radius 2 is 2.05 bits per heavy atom. The van der Waals surface area contributed by atoms with E-state index in [9.17, 15) is 0 Å². The molecule has 0 bridgehead atoms. The van der Waals surface area contributed by atoms with Crippen molar-refractivity contribution in [2.24, 2.45) is 5.92 Å². The number of hydrogen-bond donors (Lipinski definition) is 1. The molecule has 1 saturated carbocycles. The van der Waals surface area contributed by atoms with Gasteiger partial charge in [-0.25, -0.2) is 0 Å². The Morgan fingerprint density at radius 1 is 1.25 bits per heavy atom. The highest BCUT2D eigenvalue weighted by atomic mass is 79.9. The Balaban J connectivity index is 2.04. The first-order valence-electron chi connectivity index (χ1n) is 7.89. The van der Waals surface area contributed by atoms with Gasteiger partial charge in [-0.3, -0.25) is 0 Å². The molecule has 1 aliphatic carbocycles. The van der Waals surface area contributed by atoms with Crippen LogP contribution < -0.4 is 5.32 Å². The molecule has 3 heteroatoms. The summed E-state index contributed by atoms with van der Waals surface area (Å²) >= 11 is 5.75. The molecule has 1 aromatic rings. The zero-order valence-electron chi connectivity index (χ0n) is 12.6. The molecule has 0 saturated heterocycles. The van der Waals surface area contributed by atoms with Gasteiger partial charge in [0.25, 0.3) is 0 Å². The van der Waals surface area contributed by atoms with Crippen LogP contribution in [-0.4, -0.2) is 17.8 Å². The molecule has 3 atom stereocenters. The van der Waals surface area contributed by atoms with Crippen LogP contribution in [0.15, 0.2) is 33.6 Å². The Morgan fingerprint density at radius 3 is 2.75 bits per heavy atom. The summed E-state index contributed by atoms with van der Waals surface area (Å²) in [4.78, 5) is 1.39. The van der Waals surface area contributed by atoms with Crippen molar-refractivity contribution in [2.45, 2.75) is 62.1 Å². The third-order valence-electron chi connectivity index (χ3n) is 4.25. The van der Waals surface area contributed by atoms with Gasteiger partial charge in [-0.1, -0.05) is 32.4 Å². The smallest absolute Gasteiger partial charge is 0.0311 e. The minimum atomic E-state index is 0.676. The van der Waals surface area contributed by atoms with E-state index in [4.69, 9.17) is 0 Å². The molecule has 0 aromatic heterocycles. The molecule has 1 N–H and O–H groups in total. The van der Waals surface area contributed by atoms with E-state index in [2.05, 4.69) is 71.1 Å². The van der Waals surface area contributed by atoms with Crippen molar-refractivity contribution in [3.05, 3.63) is 28.7 Å². The summed E-state index contributed by atoms with van der Waals surface area (Å²) in [5.41, 5.74) is 0. The molecule has 1 nitrogen and oxygen atoms in total. The SMILES string of the molecule is CCCNC1CCC(CC)CC1Sc1ccccc1Br. The molecule has 0 aliphatic heterocycles. The molecule has 1 aromatic carbocycles. The van der Waals surface area contributed by atoms with Gasteiger partial charge >= 0.3 is 0 Å². The van der Waals surface area contributed by atoms with E-state index in [1.807, 2.05) is 0 Å². The summed E-state index contributed by atoms with van der Waals surface area (Å²) in [5, 5.41) is 4.48. The summed E-state index contributed by atoms with van der Waals surface area (Å²) in [7, 11) is 0. The molecule has 1 fully saturated rings. The highest BCUT2D eigenvalue weighted by molar-refractivity contribution is 9.10. The van der Waals surface area contributed by atoms with Crippen molar-refractivity contribution in [3.8, 4) is 0 Å². The van der Waals surface area contributed by atoms with Crippen molar-refractivity contribution in [1.29, 1.82) is 0 Å². The highest BCUT2D eigenvalue weighted by Crippen LogP contribution is 2.39. The van der Waals surface area contributed by atoms with Gasteiger partial charge in [0.15, 0.2) is 0 Å². The van der Waals surface area contributed by atoms with Gasteiger partial charge in [-0.05, 0) is 66.2 Å². The first-order valence-corrected chi connectivity index (χ1v) is 9.56. The van der Waals surface area contributed by atoms with Gasteiger partial charge in [-0.15, -0.1) is 11.8 Å². The first kappa shape index (κ1) is 16.4. The molecule has 0 radical (unpaired) electrons. The van der Waals surface area contributed by atoms with E-state index < -0.39 is 0 Å². The van der Waals surface area contributed by atoms with Crippen LogP contribution in [0.1, 0.15) is 46.0 Å². The van der Waals surface area contributed by atoms with Crippen molar-refractivity contribution in [2.75, 3.05) is 6.54 Å². The molecule has 2 rings (SSSR count). The monoisotopic (exact) mass is 355 g/mol. The second-order valence-corrected chi connectivity index (χ2v) is 7.87.